The normalized spacial score (nSPS) is 12.5. The van der Waals surface area contributed by atoms with Crippen molar-refractivity contribution in [2.75, 3.05) is 6.54 Å². The average Bonchev–Trinajstić information content (AvgIpc) is 3.10. The Kier molecular flexibility index (Phi) is 4.05. The number of fused-ring (bicyclic) bond motifs is 1. The molecule has 21 heavy (non-hydrogen) atoms. The maximum atomic E-state index is 12.0. The van der Waals surface area contributed by atoms with E-state index in [4.69, 9.17) is 0 Å². The zero-order valence-electron chi connectivity index (χ0n) is 11.5. The number of aliphatic hydroxyl groups is 1. The van der Waals surface area contributed by atoms with Crippen molar-refractivity contribution in [2.45, 2.75) is 13.0 Å². The van der Waals surface area contributed by atoms with Gasteiger partial charge >= 0.3 is 0 Å². The highest BCUT2D eigenvalue weighted by molar-refractivity contribution is 7.19. The van der Waals surface area contributed by atoms with Gasteiger partial charge in [-0.3, -0.25) is 4.79 Å². The molecule has 3 aromatic rings. The van der Waals surface area contributed by atoms with Crippen molar-refractivity contribution in [1.29, 1.82) is 0 Å². The van der Waals surface area contributed by atoms with Gasteiger partial charge in [0.2, 0.25) is 0 Å². The van der Waals surface area contributed by atoms with E-state index in [0.29, 0.717) is 5.56 Å². The Bertz CT molecular complexity index is 742. The molecule has 2 N–H and O–H groups in total. The Morgan fingerprint density at radius 2 is 2.14 bits per heavy atom. The number of aryl methyl sites for hydroxylation is 1. The van der Waals surface area contributed by atoms with Crippen LogP contribution >= 0.6 is 22.7 Å². The minimum atomic E-state index is -0.676. The molecular weight excluding hydrogens is 302 g/mol. The minimum Gasteiger partial charge on any atom is -0.386 e. The fraction of sp³-hybridized carbons (Fsp3) is 0.188. The van der Waals surface area contributed by atoms with Crippen molar-refractivity contribution < 1.29 is 9.90 Å². The van der Waals surface area contributed by atoms with Gasteiger partial charge in [0.05, 0.1) is 5.56 Å². The van der Waals surface area contributed by atoms with Crippen LogP contribution < -0.4 is 5.32 Å². The molecule has 3 nitrogen and oxygen atoms in total. The molecule has 0 saturated heterocycles. The van der Waals surface area contributed by atoms with Gasteiger partial charge < -0.3 is 10.4 Å². The molecule has 0 fully saturated rings. The number of hydrogen-bond donors (Lipinski definition) is 2. The predicted molar refractivity (Wildman–Crippen MR) is 88.2 cm³/mol. The van der Waals surface area contributed by atoms with E-state index in [-0.39, 0.29) is 12.5 Å². The van der Waals surface area contributed by atoms with Gasteiger partial charge in [0.1, 0.15) is 6.10 Å². The van der Waals surface area contributed by atoms with Crippen LogP contribution in [-0.4, -0.2) is 17.6 Å². The van der Waals surface area contributed by atoms with E-state index in [0.717, 1.165) is 20.5 Å². The van der Waals surface area contributed by atoms with Gasteiger partial charge in [-0.25, -0.2) is 0 Å². The van der Waals surface area contributed by atoms with Crippen LogP contribution in [0.2, 0.25) is 0 Å². The molecule has 3 rings (SSSR count). The molecule has 0 aliphatic heterocycles. The van der Waals surface area contributed by atoms with Crippen molar-refractivity contribution in [3.63, 3.8) is 0 Å². The van der Waals surface area contributed by atoms with Crippen molar-refractivity contribution >= 4 is 38.7 Å². The molecule has 1 atom stereocenters. The number of carbonyl (C=O) groups excluding carboxylic acids is 1. The predicted octanol–water partition coefficient (Wildman–Crippen LogP) is 3.73. The summed E-state index contributed by atoms with van der Waals surface area (Å²) in [4.78, 5) is 12.9. The topological polar surface area (TPSA) is 49.3 Å². The molecule has 1 aromatic carbocycles. The zero-order valence-corrected chi connectivity index (χ0v) is 13.1. The smallest absolute Gasteiger partial charge is 0.252 e. The van der Waals surface area contributed by atoms with Gasteiger partial charge in [0.25, 0.3) is 5.91 Å². The molecule has 2 heterocycles. The molecule has 0 aliphatic rings. The molecule has 108 valence electrons. The number of hydrogen-bond acceptors (Lipinski definition) is 4. The second-order valence-corrected chi connectivity index (χ2v) is 6.74. The Hall–Kier alpha value is -1.69. The van der Waals surface area contributed by atoms with E-state index in [1.807, 2.05) is 48.0 Å². The lowest BCUT2D eigenvalue weighted by atomic mass is 10.2. The minimum absolute atomic E-state index is 0.131. The van der Waals surface area contributed by atoms with Gasteiger partial charge in [0, 0.05) is 21.5 Å². The monoisotopic (exact) mass is 317 g/mol. The van der Waals surface area contributed by atoms with Crippen LogP contribution in [0.3, 0.4) is 0 Å². The van der Waals surface area contributed by atoms with E-state index in [2.05, 4.69) is 5.32 Å². The lowest BCUT2D eigenvalue weighted by Crippen LogP contribution is -2.28. The van der Waals surface area contributed by atoms with E-state index in [1.165, 1.54) is 11.3 Å². The summed E-state index contributed by atoms with van der Waals surface area (Å²) in [5, 5.41) is 17.9. The summed E-state index contributed by atoms with van der Waals surface area (Å²) >= 11 is 3.07. The maximum Gasteiger partial charge on any atom is 0.252 e. The highest BCUT2D eigenvalue weighted by atomic mass is 32.1. The first-order chi connectivity index (χ1) is 10.1. The van der Waals surface area contributed by atoms with Crippen LogP contribution in [0.25, 0.3) is 10.1 Å². The lowest BCUT2D eigenvalue weighted by molar-refractivity contribution is 0.0918. The van der Waals surface area contributed by atoms with Crippen molar-refractivity contribution in [3.8, 4) is 0 Å². The maximum absolute atomic E-state index is 12.0. The second-order valence-electron chi connectivity index (χ2n) is 4.88. The molecule has 5 heteroatoms. The van der Waals surface area contributed by atoms with E-state index in [9.17, 15) is 9.90 Å². The molecule has 2 aromatic heterocycles. The molecule has 0 unspecified atom stereocenters. The summed E-state index contributed by atoms with van der Waals surface area (Å²) in [5.41, 5.74) is 1.65. The van der Waals surface area contributed by atoms with Gasteiger partial charge in [-0.1, -0.05) is 18.2 Å². The van der Waals surface area contributed by atoms with Crippen molar-refractivity contribution in [3.05, 3.63) is 57.1 Å². The first kappa shape index (κ1) is 14.3. The van der Waals surface area contributed by atoms with Crippen molar-refractivity contribution in [2.24, 2.45) is 0 Å². The number of amides is 1. The number of rotatable bonds is 4. The summed E-state index contributed by atoms with van der Waals surface area (Å²) in [6.07, 6.45) is -0.676. The first-order valence-corrected chi connectivity index (χ1v) is 8.38. The third-order valence-electron chi connectivity index (χ3n) is 3.33. The van der Waals surface area contributed by atoms with E-state index >= 15 is 0 Å². The standard InChI is InChI=1S/C16H15NO2S2/c1-10-8-20-9-12(10)16(19)17-7-13(18)15-6-11-4-2-3-5-14(11)21-15/h2-6,8-9,13,18H,7H2,1H3,(H,17,19)/t13-/m1/s1. The van der Waals surface area contributed by atoms with Crippen LogP contribution in [0.15, 0.2) is 41.1 Å². The molecule has 0 saturated carbocycles. The lowest BCUT2D eigenvalue weighted by Gasteiger charge is -2.10. The number of carbonyl (C=O) groups is 1. The summed E-state index contributed by atoms with van der Waals surface area (Å²) in [6.45, 7) is 2.13. The number of thiophene rings is 2. The highest BCUT2D eigenvalue weighted by Crippen LogP contribution is 2.29. The molecule has 0 aliphatic carbocycles. The van der Waals surface area contributed by atoms with Crippen LogP contribution in [0.4, 0.5) is 0 Å². The molecule has 0 spiro atoms. The van der Waals surface area contributed by atoms with Crippen LogP contribution in [0.1, 0.15) is 26.9 Å². The van der Waals surface area contributed by atoms with Gasteiger partial charge in [-0.2, -0.15) is 11.3 Å². The quantitative estimate of drug-likeness (QED) is 0.770. The number of benzene rings is 1. The van der Waals surface area contributed by atoms with E-state index < -0.39 is 6.10 Å². The zero-order chi connectivity index (χ0) is 14.8. The summed E-state index contributed by atoms with van der Waals surface area (Å²) < 4.78 is 1.14. The summed E-state index contributed by atoms with van der Waals surface area (Å²) in [6, 6.07) is 9.99. The number of aliphatic hydroxyl groups excluding tert-OH is 1. The fourth-order valence-electron chi connectivity index (χ4n) is 2.14. The van der Waals surface area contributed by atoms with Crippen LogP contribution in [0, 0.1) is 6.92 Å². The average molecular weight is 317 g/mol. The SMILES string of the molecule is Cc1cscc1C(=O)NC[C@@H](O)c1cc2ccccc2s1. The second kappa shape index (κ2) is 5.97. The molecule has 1 amide bonds. The van der Waals surface area contributed by atoms with Gasteiger partial charge in [-0.15, -0.1) is 11.3 Å². The summed E-state index contributed by atoms with van der Waals surface area (Å²) in [7, 11) is 0. The largest absolute Gasteiger partial charge is 0.386 e. The van der Waals surface area contributed by atoms with Crippen LogP contribution in [0.5, 0.6) is 0 Å². The Morgan fingerprint density at radius 1 is 1.33 bits per heavy atom. The Balaban J connectivity index is 1.67. The third kappa shape index (κ3) is 3.00. The number of nitrogens with one attached hydrogen (secondary N) is 1. The van der Waals surface area contributed by atoms with E-state index in [1.54, 1.807) is 11.3 Å². The fourth-order valence-corrected chi connectivity index (χ4v) is 4.02. The van der Waals surface area contributed by atoms with Crippen LogP contribution in [-0.2, 0) is 0 Å². The Labute approximate surface area is 130 Å². The first-order valence-electron chi connectivity index (χ1n) is 6.62. The molecule has 0 radical (unpaired) electrons. The summed E-state index contributed by atoms with van der Waals surface area (Å²) in [5.74, 6) is -0.131. The van der Waals surface area contributed by atoms with Gasteiger partial charge in [-0.05, 0) is 35.4 Å². The third-order valence-corrected chi connectivity index (χ3v) is 5.41. The highest BCUT2D eigenvalue weighted by Gasteiger charge is 2.14. The van der Waals surface area contributed by atoms with Crippen molar-refractivity contribution in [1.82, 2.24) is 5.32 Å². The Morgan fingerprint density at radius 3 is 2.86 bits per heavy atom. The van der Waals surface area contributed by atoms with Gasteiger partial charge in [0.15, 0.2) is 0 Å². The molecular formula is C16H15NO2S2. The molecule has 0 bridgehead atoms.